The van der Waals surface area contributed by atoms with Crippen LogP contribution in [-0.2, 0) is 4.74 Å². The van der Waals surface area contributed by atoms with E-state index in [9.17, 15) is 8.78 Å². The second-order valence-electron chi connectivity index (χ2n) is 4.27. The molecule has 1 heterocycles. The summed E-state index contributed by atoms with van der Waals surface area (Å²) in [6.07, 6.45) is 1.98. The molecule has 0 radical (unpaired) electrons. The maximum absolute atomic E-state index is 13.5. The van der Waals surface area contributed by atoms with Crippen LogP contribution in [0.15, 0.2) is 18.2 Å². The lowest BCUT2D eigenvalue weighted by Crippen LogP contribution is -2.29. The smallest absolute Gasteiger partial charge is 0.129 e. The fourth-order valence-electron chi connectivity index (χ4n) is 2.02. The van der Waals surface area contributed by atoms with Gasteiger partial charge in [0.15, 0.2) is 0 Å². The van der Waals surface area contributed by atoms with Crippen molar-refractivity contribution >= 4 is 0 Å². The molecule has 0 saturated carbocycles. The van der Waals surface area contributed by atoms with E-state index in [1.165, 1.54) is 0 Å². The Kier molecular flexibility index (Phi) is 4.24. The molecule has 1 N–H and O–H groups in total. The van der Waals surface area contributed by atoms with Gasteiger partial charge in [0, 0.05) is 18.7 Å². The van der Waals surface area contributed by atoms with Gasteiger partial charge in [0.05, 0.1) is 12.2 Å². The minimum absolute atomic E-state index is 0.0375. The molecule has 0 spiro atoms. The highest BCUT2D eigenvalue weighted by molar-refractivity contribution is 5.26. The molecule has 2 atom stereocenters. The number of nitrogens with zero attached hydrogens (tertiary/aromatic N) is 1. The van der Waals surface area contributed by atoms with E-state index in [0.717, 1.165) is 37.6 Å². The van der Waals surface area contributed by atoms with Gasteiger partial charge in [0.25, 0.3) is 0 Å². The molecule has 5 heteroatoms. The Hall–Kier alpha value is -1.51. The van der Waals surface area contributed by atoms with Crippen molar-refractivity contribution in [2.45, 2.75) is 25.0 Å². The highest BCUT2D eigenvalue weighted by Gasteiger charge is 2.20. The Morgan fingerprint density at radius 3 is 3.00 bits per heavy atom. The van der Waals surface area contributed by atoms with E-state index in [1.807, 2.05) is 6.07 Å². The van der Waals surface area contributed by atoms with Gasteiger partial charge in [0.2, 0.25) is 0 Å². The second kappa shape index (κ2) is 5.89. The molecule has 1 aliphatic heterocycles. The average Bonchev–Trinajstić information content (AvgIpc) is 2.87. The van der Waals surface area contributed by atoms with E-state index in [2.05, 4.69) is 5.32 Å². The Balaban J connectivity index is 2.03. The summed E-state index contributed by atoms with van der Waals surface area (Å²) < 4.78 is 32.0. The number of nitriles is 1. The van der Waals surface area contributed by atoms with Crippen molar-refractivity contribution in [1.82, 2.24) is 5.32 Å². The first-order chi connectivity index (χ1) is 8.70. The summed E-state index contributed by atoms with van der Waals surface area (Å²) in [4.78, 5) is 0. The molecule has 0 aromatic heterocycles. The van der Waals surface area contributed by atoms with Crippen LogP contribution in [0, 0.1) is 23.0 Å². The highest BCUT2D eigenvalue weighted by Crippen LogP contribution is 2.19. The minimum atomic E-state index is -0.857. The van der Waals surface area contributed by atoms with Crippen LogP contribution in [-0.4, -0.2) is 19.3 Å². The van der Waals surface area contributed by atoms with Gasteiger partial charge in [-0.15, -0.1) is 0 Å². The van der Waals surface area contributed by atoms with Crippen LogP contribution in [0.3, 0.4) is 0 Å². The van der Waals surface area contributed by atoms with Gasteiger partial charge >= 0.3 is 0 Å². The maximum atomic E-state index is 13.5. The molecule has 1 fully saturated rings. The van der Waals surface area contributed by atoms with E-state index in [-0.39, 0.29) is 11.7 Å². The van der Waals surface area contributed by atoms with Crippen molar-refractivity contribution in [3.63, 3.8) is 0 Å². The molecular formula is C13H14F2N2O. The van der Waals surface area contributed by atoms with Gasteiger partial charge in [-0.2, -0.15) is 5.26 Å². The van der Waals surface area contributed by atoms with Crippen LogP contribution < -0.4 is 5.32 Å². The third-order valence-corrected chi connectivity index (χ3v) is 2.97. The predicted octanol–water partition coefficient (Wildman–Crippen LogP) is 2.30. The van der Waals surface area contributed by atoms with Crippen molar-refractivity contribution in [2.24, 2.45) is 0 Å². The Labute approximate surface area is 104 Å². The van der Waals surface area contributed by atoms with Gasteiger partial charge in [-0.05, 0) is 31.0 Å². The number of rotatable bonds is 4. The largest absolute Gasteiger partial charge is 0.377 e. The van der Waals surface area contributed by atoms with Crippen molar-refractivity contribution in [3.8, 4) is 6.07 Å². The predicted molar refractivity (Wildman–Crippen MR) is 61.7 cm³/mol. The third kappa shape index (κ3) is 3.03. The number of benzene rings is 1. The fraction of sp³-hybridized carbons (Fsp3) is 0.462. The summed E-state index contributed by atoms with van der Waals surface area (Å²) >= 11 is 0. The van der Waals surface area contributed by atoms with Crippen LogP contribution in [0.1, 0.15) is 24.4 Å². The number of halogens is 2. The van der Waals surface area contributed by atoms with E-state index >= 15 is 0 Å². The average molecular weight is 252 g/mol. The molecule has 1 aromatic rings. The molecule has 2 rings (SSSR count). The third-order valence-electron chi connectivity index (χ3n) is 2.97. The second-order valence-corrected chi connectivity index (χ2v) is 4.27. The van der Waals surface area contributed by atoms with Crippen LogP contribution in [0.2, 0.25) is 0 Å². The van der Waals surface area contributed by atoms with Gasteiger partial charge in [0.1, 0.15) is 17.7 Å². The summed E-state index contributed by atoms with van der Waals surface area (Å²) in [7, 11) is 0. The first-order valence-electron chi connectivity index (χ1n) is 5.90. The van der Waals surface area contributed by atoms with Crippen LogP contribution >= 0.6 is 0 Å². The quantitative estimate of drug-likeness (QED) is 0.894. The number of ether oxygens (including phenoxy) is 1. The zero-order valence-corrected chi connectivity index (χ0v) is 9.83. The summed E-state index contributed by atoms with van der Waals surface area (Å²) in [6.45, 7) is 1.19. The lowest BCUT2D eigenvalue weighted by molar-refractivity contribution is 0.109. The topological polar surface area (TPSA) is 45.0 Å². The van der Waals surface area contributed by atoms with Gasteiger partial charge < -0.3 is 4.74 Å². The van der Waals surface area contributed by atoms with Crippen molar-refractivity contribution in [2.75, 3.05) is 13.2 Å². The first-order valence-corrected chi connectivity index (χ1v) is 5.90. The van der Waals surface area contributed by atoms with Crippen molar-refractivity contribution in [3.05, 3.63) is 35.4 Å². The zero-order chi connectivity index (χ0) is 13.0. The van der Waals surface area contributed by atoms with Crippen molar-refractivity contribution < 1.29 is 13.5 Å². The molecule has 0 bridgehead atoms. The molecule has 0 amide bonds. The monoisotopic (exact) mass is 252 g/mol. The number of hydrogen-bond donors (Lipinski definition) is 1. The number of nitrogens with one attached hydrogen (secondary N) is 1. The Morgan fingerprint density at radius 1 is 1.50 bits per heavy atom. The molecule has 2 unspecified atom stereocenters. The van der Waals surface area contributed by atoms with E-state index in [1.54, 1.807) is 0 Å². The van der Waals surface area contributed by atoms with Gasteiger partial charge in [-0.25, -0.2) is 8.78 Å². The van der Waals surface area contributed by atoms with Gasteiger partial charge in [-0.3, -0.25) is 5.32 Å². The molecule has 3 nitrogen and oxygen atoms in total. The van der Waals surface area contributed by atoms with Gasteiger partial charge in [-0.1, -0.05) is 0 Å². The van der Waals surface area contributed by atoms with Crippen LogP contribution in [0.25, 0.3) is 0 Å². The standard InChI is InChI=1S/C13H14F2N2O/c14-9-3-4-12(15)11(6-9)13(7-16)17-8-10-2-1-5-18-10/h3-4,6,10,13,17H,1-2,5,8H2. The molecule has 1 aromatic carbocycles. The normalized spacial score (nSPS) is 20.6. The fourth-order valence-corrected chi connectivity index (χ4v) is 2.02. The summed E-state index contributed by atoms with van der Waals surface area (Å²) in [5.74, 6) is -1.13. The number of hydrogen-bond acceptors (Lipinski definition) is 3. The van der Waals surface area contributed by atoms with Crippen molar-refractivity contribution in [1.29, 1.82) is 5.26 Å². The minimum Gasteiger partial charge on any atom is -0.377 e. The summed E-state index contributed by atoms with van der Waals surface area (Å²) in [5, 5.41) is 11.9. The molecule has 0 aliphatic carbocycles. The maximum Gasteiger partial charge on any atom is 0.129 e. The zero-order valence-electron chi connectivity index (χ0n) is 9.83. The molecule has 1 aliphatic rings. The Morgan fingerprint density at radius 2 is 2.33 bits per heavy atom. The van der Waals surface area contributed by atoms with E-state index in [0.29, 0.717) is 6.54 Å². The molecule has 96 valence electrons. The SMILES string of the molecule is N#CC(NCC1CCCO1)c1cc(F)ccc1F. The molecule has 1 saturated heterocycles. The molecular weight excluding hydrogens is 238 g/mol. The van der Waals surface area contributed by atoms with E-state index < -0.39 is 17.7 Å². The van der Waals surface area contributed by atoms with Crippen LogP contribution in [0.5, 0.6) is 0 Å². The first kappa shape index (κ1) is 12.9. The lowest BCUT2D eigenvalue weighted by Gasteiger charge is -2.15. The lowest BCUT2D eigenvalue weighted by atomic mass is 10.1. The van der Waals surface area contributed by atoms with E-state index in [4.69, 9.17) is 10.00 Å². The summed E-state index contributed by atoms with van der Waals surface area (Å²) in [6, 6.07) is 4.19. The highest BCUT2D eigenvalue weighted by atomic mass is 19.1. The molecule has 18 heavy (non-hydrogen) atoms. The Bertz CT molecular complexity index is 453. The van der Waals surface area contributed by atoms with Crippen LogP contribution in [0.4, 0.5) is 8.78 Å². The summed E-state index contributed by atoms with van der Waals surface area (Å²) in [5.41, 5.74) is 0.0375.